The lowest BCUT2D eigenvalue weighted by atomic mass is 9.74. The van der Waals surface area contributed by atoms with Gasteiger partial charge in [-0.15, -0.1) is 0 Å². The van der Waals surface area contributed by atoms with Gasteiger partial charge < -0.3 is 15.5 Å². The molecule has 24 heavy (non-hydrogen) atoms. The number of alkyl halides is 3. The molecule has 1 fully saturated rings. The van der Waals surface area contributed by atoms with Gasteiger partial charge in [-0.3, -0.25) is 4.79 Å². The van der Waals surface area contributed by atoms with Crippen LogP contribution in [0.15, 0.2) is 24.3 Å². The average Bonchev–Trinajstić information content (AvgIpc) is 3.05. The van der Waals surface area contributed by atoms with Crippen LogP contribution in [-0.4, -0.2) is 42.6 Å². The molecule has 1 aromatic carbocycles. The Hall–Kier alpha value is -2.76. The average molecular weight is 338 g/mol. The molecule has 0 saturated carbocycles. The minimum absolute atomic E-state index is 0.109. The maximum Gasteiger partial charge on any atom is 0.405 e. The molecule has 2 atom stereocenters. The van der Waals surface area contributed by atoms with Gasteiger partial charge in [0.2, 0.25) is 5.91 Å². The third-order valence-electron chi connectivity index (χ3n) is 4.38. The molecule has 2 aliphatic heterocycles. The molecule has 1 spiro atoms. The van der Waals surface area contributed by atoms with Crippen molar-refractivity contribution in [2.75, 3.05) is 25.0 Å². The number of para-hydroxylation sites is 1. The topological polar surface area (TPSA) is 85.2 Å². The summed E-state index contributed by atoms with van der Waals surface area (Å²) in [6, 6.07) is 7.88. The number of nitrogens with zero attached hydrogens (tertiary/aromatic N) is 2. The molecular weight excluding hydrogens is 325 g/mol. The Morgan fingerprint density at radius 2 is 2.17 bits per heavy atom. The molecule has 0 radical (unpaired) electrons. The summed E-state index contributed by atoms with van der Waals surface area (Å²) in [6.45, 7) is -1.71. The summed E-state index contributed by atoms with van der Waals surface area (Å²) in [4.78, 5) is 25.6. The van der Waals surface area contributed by atoms with Crippen molar-refractivity contribution in [3.05, 3.63) is 29.8 Å². The minimum atomic E-state index is -4.53. The number of halogens is 3. The highest BCUT2D eigenvalue weighted by molar-refractivity contribution is 6.07. The molecule has 9 heteroatoms. The Morgan fingerprint density at radius 1 is 1.46 bits per heavy atom. The van der Waals surface area contributed by atoms with Gasteiger partial charge >= 0.3 is 12.2 Å². The molecule has 126 valence electrons. The van der Waals surface area contributed by atoms with Crippen molar-refractivity contribution in [3.63, 3.8) is 0 Å². The number of benzene rings is 1. The standard InChI is InChI=1S/C15H13F3N4O2/c16-15(17,18)7-20-13(24)22-6-9(5-19)14(8-22)10-3-1-2-4-11(10)21-12(14)23/h1-4,9H,6-8H2,(H,20,24)(H,21,23)/t9-,14+/m0/s1. The van der Waals surface area contributed by atoms with Gasteiger partial charge in [-0.25, -0.2) is 4.79 Å². The molecule has 1 aromatic rings. The van der Waals surface area contributed by atoms with E-state index < -0.39 is 36.0 Å². The quantitative estimate of drug-likeness (QED) is 0.816. The van der Waals surface area contributed by atoms with E-state index in [9.17, 15) is 28.0 Å². The van der Waals surface area contributed by atoms with Crippen LogP contribution in [-0.2, 0) is 10.2 Å². The first-order chi connectivity index (χ1) is 11.3. The predicted molar refractivity (Wildman–Crippen MR) is 76.9 cm³/mol. The van der Waals surface area contributed by atoms with Crippen LogP contribution in [0.3, 0.4) is 0 Å². The number of anilines is 1. The molecule has 2 heterocycles. The molecule has 6 nitrogen and oxygen atoms in total. The Balaban J connectivity index is 1.87. The summed E-state index contributed by atoms with van der Waals surface area (Å²) >= 11 is 0. The van der Waals surface area contributed by atoms with E-state index in [0.717, 1.165) is 4.90 Å². The number of likely N-dealkylation sites (tertiary alicyclic amines) is 1. The van der Waals surface area contributed by atoms with Crippen LogP contribution in [0.2, 0.25) is 0 Å². The maximum absolute atomic E-state index is 12.5. The van der Waals surface area contributed by atoms with Crippen molar-refractivity contribution in [1.82, 2.24) is 10.2 Å². The van der Waals surface area contributed by atoms with Gasteiger partial charge in [0.05, 0.1) is 12.0 Å². The van der Waals surface area contributed by atoms with E-state index in [1.807, 2.05) is 6.07 Å². The summed E-state index contributed by atoms with van der Waals surface area (Å²) in [6.07, 6.45) is -4.53. The molecule has 3 amide bonds. The highest BCUT2D eigenvalue weighted by atomic mass is 19.4. The van der Waals surface area contributed by atoms with Crippen LogP contribution < -0.4 is 10.6 Å². The molecule has 0 unspecified atom stereocenters. The molecule has 0 aromatic heterocycles. The van der Waals surface area contributed by atoms with Crippen molar-refractivity contribution in [2.45, 2.75) is 11.6 Å². The monoisotopic (exact) mass is 338 g/mol. The van der Waals surface area contributed by atoms with Crippen molar-refractivity contribution in [2.24, 2.45) is 5.92 Å². The Bertz CT molecular complexity index is 743. The van der Waals surface area contributed by atoms with Gasteiger partial charge in [-0.05, 0) is 11.6 Å². The lowest BCUT2D eigenvalue weighted by Crippen LogP contribution is -2.45. The first-order valence-electron chi connectivity index (χ1n) is 7.18. The number of nitriles is 1. The number of amides is 3. The van der Waals surface area contributed by atoms with E-state index in [2.05, 4.69) is 5.32 Å². The Kier molecular flexibility index (Phi) is 3.63. The highest BCUT2D eigenvalue weighted by Gasteiger charge is 2.58. The van der Waals surface area contributed by atoms with Crippen molar-refractivity contribution in [3.8, 4) is 6.07 Å². The zero-order valence-electron chi connectivity index (χ0n) is 12.4. The number of hydrogen-bond acceptors (Lipinski definition) is 3. The van der Waals surface area contributed by atoms with Gasteiger partial charge in [0.1, 0.15) is 12.0 Å². The summed E-state index contributed by atoms with van der Waals surface area (Å²) < 4.78 is 36.7. The highest BCUT2D eigenvalue weighted by Crippen LogP contribution is 2.47. The van der Waals surface area contributed by atoms with Crippen LogP contribution in [0, 0.1) is 17.2 Å². The van der Waals surface area contributed by atoms with Crippen LogP contribution >= 0.6 is 0 Å². The first-order valence-corrected chi connectivity index (χ1v) is 7.18. The van der Waals surface area contributed by atoms with Crippen LogP contribution in [0.5, 0.6) is 0 Å². The van der Waals surface area contributed by atoms with Gasteiger partial charge in [-0.2, -0.15) is 18.4 Å². The predicted octanol–water partition coefficient (Wildman–Crippen LogP) is 1.60. The van der Waals surface area contributed by atoms with Crippen molar-refractivity contribution < 1.29 is 22.8 Å². The van der Waals surface area contributed by atoms with E-state index in [-0.39, 0.29) is 13.1 Å². The van der Waals surface area contributed by atoms with Crippen molar-refractivity contribution in [1.29, 1.82) is 5.26 Å². The normalized spacial score (nSPS) is 25.3. The van der Waals surface area contributed by atoms with Crippen molar-refractivity contribution >= 4 is 17.6 Å². The van der Waals surface area contributed by atoms with Crippen LogP contribution in [0.4, 0.5) is 23.7 Å². The maximum atomic E-state index is 12.5. The first kappa shape index (κ1) is 16.1. The third-order valence-corrected chi connectivity index (χ3v) is 4.38. The van der Waals surface area contributed by atoms with E-state index >= 15 is 0 Å². The zero-order chi connectivity index (χ0) is 17.5. The fourth-order valence-corrected chi connectivity index (χ4v) is 3.29. The molecule has 0 aliphatic carbocycles. The Morgan fingerprint density at radius 3 is 2.83 bits per heavy atom. The van der Waals surface area contributed by atoms with Gasteiger partial charge in [0, 0.05) is 18.8 Å². The number of carbonyl (C=O) groups excluding carboxylic acids is 2. The van der Waals surface area contributed by atoms with E-state index in [0.29, 0.717) is 11.3 Å². The summed E-state index contributed by atoms with van der Waals surface area (Å²) in [7, 11) is 0. The fraction of sp³-hybridized carbons (Fsp3) is 0.400. The number of rotatable bonds is 1. The van der Waals surface area contributed by atoms with E-state index in [4.69, 9.17) is 0 Å². The van der Waals surface area contributed by atoms with Gasteiger partial charge in [0.15, 0.2) is 0 Å². The van der Waals surface area contributed by atoms with E-state index in [1.165, 1.54) is 0 Å². The number of nitrogens with one attached hydrogen (secondary N) is 2. The summed E-state index contributed by atoms with van der Waals surface area (Å²) in [5.74, 6) is -1.25. The fourth-order valence-electron chi connectivity index (χ4n) is 3.29. The summed E-state index contributed by atoms with van der Waals surface area (Å²) in [5.41, 5.74) is -0.103. The largest absolute Gasteiger partial charge is 0.405 e. The minimum Gasteiger partial charge on any atom is -0.329 e. The Labute approximate surface area is 135 Å². The smallest absolute Gasteiger partial charge is 0.329 e. The third kappa shape index (κ3) is 2.44. The van der Waals surface area contributed by atoms with Gasteiger partial charge in [0.25, 0.3) is 0 Å². The number of carbonyl (C=O) groups is 2. The van der Waals surface area contributed by atoms with Gasteiger partial charge in [-0.1, -0.05) is 18.2 Å². The second-order valence-corrected chi connectivity index (χ2v) is 5.81. The molecule has 0 bridgehead atoms. The van der Waals surface area contributed by atoms with Crippen LogP contribution in [0.25, 0.3) is 0 Å². The second kappa shape index (κ2) is 5.40. The summed E-state index contributed by atoms with van der Waals surface area (Å²) in [5, 5.41) is 13.9. The molecule has 2 aliphatic rings. The molecule has 1 saturated heterocycles. The lowest BCUT2D eigenvalue weighted by molar-refractivity contribution is -0.123. The number of urea groups is 1. The molecule has 3 rings (SSSR count). The van der Waals surface area contributed by atoms with E-state index in [1.54, 1.807) is 29.6 Å². The molecular formula is C15H13F3N4O2. The zero-order valence-corrected chi connectivity index (χ0v) is 12.4. The SMILES string of the molecule is N#C[C@H]1CN(C(=O)NCC(F)(F)F)C[C@@]12C(=O)Nc1ccccc12. The number of hydrogen-bond donors (Lipinski definition) is 2. The molecule has 2 N–H and O–H groups in total. The van der Waals surface area contributed by atoms with Crippen LogP contribution in [0.1, 0.15) is 5.56 Å². The lowest BCUT2D eigenvalue weighted by Gasteiger charge is -2.24. The number of fused-ring (bicyclic) bond motifs is 2. The second-order valence-electron chi connectivity index (χ2n) is 5.81.